The van der Waals surface area contributed by atoms with Gasteiger partial charge in [0.2, 0.25) is 0 Å². The summed E-state index contributed by atoms with van der Waals surface area (Å²) < 4.78 is 10.8. The van der Waals surface area contributed by atoms with E-state index >= 15 is 0 Å². The average molecular weight is 318 g/mol. The third-order valence-corrected chi connectivity index (χ3v) is 4.56. The van der Waals surface area contributed by atoms with Crippen molar-refractivity contribution in [2.45, 2.75) is 6.42 Å². The zero-order valence-electron chi connectivity index (χ0n) is 13.8. The molecule has 2 aliphatic rings. The highest BCUT2D eigenvalue weighted by atomic mass is 16.5. The fraction of sp³-hybridized carbons (Fsp3) is 0.588. The Morgan fingerprint density at radius 3 is 2.87 bits per heavy atom. The number of morpholine rings is 1. The van der Waals surface area contributed by atoms with Crippen LogP contribution in [-0.4, -0.2) is 63.9 Å². The van der Waals surface area contributed by atoms with Crippen LogP contribution in [0.3, 0.4) is 0 Å². The maximum Gasteiger partial charge on any atom is 0.191 e. The quantitative estimate of drug-likeness (QED) is 0.667. The van der Waals surface area contributed by atoms with Gasteiger partial charge in [-0.25, -0.2) is 0 Å². The van der Waals surface area contributed by atoms with Gasteiger partial charge >= 0.3 is 0 Å². The normalized spacial score (nSPS) is 22.5. The molecule has 126 valence electrons. The Balaban J connectivity index is 1.55. The van der Waals surface area contributed by atoms with Gasteiger partial charge in [0.1, 0.15) is 5.75 Å². The molecule has 0 saturated carbocycles. The Kier molecular flexibility index (Phi) is 5.23. The van der Waals surface area contributed by atoms with Crippen molar-refractivity contribution in [3.63, 3.8) is 0 Å². The van der Waals surface area contributed by atoms with E-state index in [2.05, 4.69) is 26.9 Å². The summed E-state index contributed by atoms with van der Waals surface area (Å²) in [5.41, 5.74) is 7.27. The second-order valence-electron chi connectivity index (χ2n) is 6.07. The lowest BCUT2D eigenvalue weighted by Crippen LogP contribution is -2.45. The molecule has 6 heteroatoms. The van der Waals surface area contributed by atoms with Crippen LogP contribution < -0.4 is 15.4 Å². The van der Waals surface area contributed by atoms with E-state index in [9.17, 15) is 0 Å². The van der Waals surface area contributed by atoms with E-state index in [1.165, 1.54) is 5.69 Å². The van der Waals surface area contributed by atoms with Gasteiger partial charge in [-0.1, -0.05) is 12.1 Å². The molecule has 2 aliphatic heterocycles. The number of anilines is 1. The number of benzene rings is 1. The van der Waals surface area contributed by atoms with Crippen molar-refractivity contribution >= 4 is 11.6 Å². The first-order valence-corrected chi connectivity index (χ1v) is 8.28. The second-order valence-corrected chi connectivity index (χ2v) is 6.07. The lowest BCUT2D eigenvalue weighted by molar-refractivity contribution is 0.0674. The van der Waals surface area contributed by atoms with Crippen LogP contribution in [0, 0.1) is 5.92 Å². The summed E-state index contributed by atoms with van der Waals surface area (Å²) in [6, 6.07) is 8.19. The number of rotatable bonds is 4. The van der Waals surface area contributed by atoms with Gasteiger partial charge in [0.05, 0.1) is 26.0 Å². The minimum atomic E-state index is 0.541. The summed E-state index contributed by atoms with van der Waals surface area (Å²) in [6.45, 7) is 5.98. The largest absolute Gasteiger partial charge is 0.495 e. The Morgan fingerprint density at radius 2 is 2.09 bits per heavy atom. The average Bonchev–Trinajstić information content (AvgIpc) is 3.09. The molecule has 0 aliphatic carbocycles. The van der Waals surface area contributed by atoms with Crippen LogP contribution in [0.2, 0.25) is 0 Å². The Bertz CT molecular complexity index is 543. The van der Waals surface area contributed by atoms with Gasteiger partial charge in [0.15, 0.2) is 5.96 Å². The number of nitrogens with two attached hydrogens (primary N) is 1. The number of guanidine groups is 1. The minimum Gasteiger partial charge on any atom is -0.495 e. The first-order valence-electron chi connectivity index (χ1n) is 8.28. The van der Waals surface area contributed by atoms with Crippen molar-refractivity contribution < 1.29 is 9.47 Å². The number of aliphatic imine (C=N–C) groups is 1. The van der Waals surface area contributed by atoms with E-state index < -0.39 is 0 Å². The minimum absolute atomic E-state index is 0.541. The van der Waals surface area contributed by atoms with Crippen LogP contribution in [0.25, 0.3) is 0 Å². The molecule has 1 atom stereocenters. The van der Waals surface area contributed by atoms with Gasteiger partial charge in [0.25, 0.3) is 0 Å². The number of ether oxygens (including phenoxy) is 2. The van der Waals surface area contributed by atoms with Crippen molar-refractivity contribution in [3.8, 4) is 5.75 Å². The van der Waals surface area contributed by atoms with Gasteiger partial charge in [-0.05, 0) is 24.5 Å². The third-order valence-electron chi connectivity index (χ3n) is 4.56. The molecule has 2 saturated heterocycles. The zero-order valence-corrected chi connectivity index (χ0v) is 13.8. The van der Waals surface area contributed by atoms with Crippen LogP contribution in [0.4, 0.5) is 5.69 Å². The summed E-state index contributed by atoms with van der Waals surface area (Å²) in [5, 5.41) is 0. The molecule has 0 bridgehead atoms. The Hall–Kier alpha value is -1.95. The highest BCUT2D eigenvalue weighted by Crippen LogP contribution is 2.31. The molecule has 2 heterocycles. The predicted octanol–water partition coefficient (Wildman–Crippen LogP) is 1.17. The lowest BCUT2D eigenvalue weighted by Gasteiger charge is -2.27. The summed E-state index contributed by atoms with van der Waals surface area (Å²) in [4.78, 5) is 9.09. The van der Waals surface area contributed by atoms with Crippen LogP contribution in [-0.2, 0) is 4.74 Å². The van der Waals surface area contributed by atoms with Crippen LogP contribution in [0.15, 0.2) is 29.3 Å². The topological polar surface area (TPSA) is 63.3 Å². The van der Waals surface area contributed by atoms with Gasteiger partial charge in [-0.3, -0.25) is 4.99 Å². The van der Waals surface area contributed by atoms with E-state index in [1.807, 2.05) is 12.1 Å². The molecule has 1 aromatic carbocycles. The molecule has 0 spiro atoms. The first kappa shape index (κ1) is 15.9. The monoisotopic (exact) mass is 318 g/mol. The maximum absolute atomic E-state index is 6.10. The van der Waals surface area contributed by atoms with E-state index in [0.29, 0.717) is 11.9 Å². The SMILES string of the molecule is COc1ccccc1N1CCC(CN=C(N)N2CCOCC2)C1. The van der Waals surface area contributed by atoms with E-state index in [1.54, 1.807) is 7.11 Å². The lowest BCUT2D eigenvalue weighted by atomic mass is 10.1. The van der Waals surface area contributed by atoms with Crippen molar-refractivity contribution in [2.75, 3.05) is 57.9 Å². The van der Waals surface area contributed by atoms with E-state index in [4.69, 9.17) is 15.2 Å². The van der Waals surface area contributed by atoms with Crippen molar-refractivity contribution in [3.05, 3.63) is 24.3 Å². The fourth-order valence-electron chi connectivity index (χ4n) is 3.21. The van der Waals surface area contributed by atoms with Gasteiger partial charge in [0, 0.05) is 32.7 Å². The molecule has 2 fully saturated rings. The molecular weight excluding hydrogens is 292 g/mol. The molecule has 2 N–H and O–H groups in total. The third kappa shape index (κ3) is 3.88. The van der Waals surface area contributed by atoms with Crippen molar-refractivity contribution in [1.82, 2.24) is 4.90 Å². The molecule has 0 amide bonds. The highest BCUT2D eigenvalue weighted by Gasteiger charge is 2.24. The summed E-state index contributed by atoms with van der Waals surface area (Å²) in [6.07, 6.45) is 1.14. The molecular formula is C17H26N4O2. The molecule has 3 rings (SSSR count). The summed E-state index contributed by atoms with van der Waals surface area (Å²) in [7, 11) is 1.72. The van der Waals surface area contributed by atoms with Crippen LogP contribution in [0.5, 0.6) is 5.75 Å². The van der Waals surface area contributed by atoms with Crippen molar-refractivity contribution in [2.24, 2.45) is 16.6 Å². The fourth-order valence-corrected chi connectivity index (χ4v) is 3.21. The van der Waals surface area contributed by atoms with Gasteiger partial charge in [-0.15, -0.1) is 0 Å². The Morgan fingerprint density at radius 1 is 1.30 bits per heavy atom. The zero-order chi connectivity index (χ0) is 16.1. The predicted molar refractivity (Wildman–Crippen MR) is 92.2 cm³/mol. The summed E-state index contributed by atoms with van der Waals surface area (Å²) >= 11 is 0. The van der Waals surface area contributed by atoms with Crippen LogP contribution >= 0.6 is 0 Å². The smallest absolute Gasteiger partial charge is 0.191 e. The molecule has 23 heavy (non-hydrogen) atoms. The van der Waals surface area contributed by atoms with Gasteiger partial charge < -0.3 is 25.0 Å². The summed E-state index contributed by atoms with van der Waals surface area (Å²) in [5.74, 6) is 2.13. The number of hydrogen-bond acceptors (Lipinski definition) is 4. The number of para-hydroxylation sites is 2. The van der Waals surface area contributed by atoms with Gasteiger partial charge in [-0.2, -0.15) is 0 Å². The first-order chi connectivity index (χ1) is 11.3. The highest BCUT2D eigenvalue weighted by molar-refractivity contribution is 5.78. The number of hydrogen-bond donors (Lipinski definition) is 1. The molecule has 6 nitrogen and oxygen atoms in total. The van der Waals surface area contributed by atoms with Crippen LogP contribution in [0.1, 0.15) is 6.42 Å². The van der Waals surface area contributed by atoms with E-state index in [-0.39, 0.29) is 0 Å². The Labute approximate surface area is 137 Å². The number of nitrogens with zero attached hydrogens (tertiary/aromatic N) is 3. The molecule has 1 aromatic rings. The standard InChI is InChI=1S/C17H26N4O2/c1-22-16-5-3-2-4-15(16)21-7-6-14(13-21)12-19-17(18)20-8-10-23-11-9-20/h2-5,14H,6-13H2,1H3,(H2,18,19). The van der Waals surface area contributed by atoms with Crippen molar-refractivity contribution in [1.29, 1.82) is 0 Å². The molecule has 1 unspecified atom stereocenters. The van der Waals surface area contributed by atoms with E-state index in [0.717, 1.165) is 58.1 Å². The maximum atomic E-state index is 6.10. The molecule has 0 aromatic heterocycles. The second kappa shape index (κ2) is 7.55. The molecule has 0 radical (unpaired) electrons. The number of methoxy groups -OCH3 is 1.